The molecule has 0 bridgehead atoms. The average molecular weight is 421 g/mol. The molecule has 0 atom stereocenters. The first-order valence-corrected chi connectivity index (χ1v) is 9.53. The quantitative estimate of drug-likeness (QED) is 0.317. The van der Waals surface area contributed by atoms with Gasteiger partial charge in [-0.1, -0.05) is 29.8 Å². The van der Waals surface area contributed by atoms with Gasteiger partial charge >= 0.3 is 5.97 Å². The molecule has 3 aromatic rings. The van der Waals surface area contributed by atoms with Crippen LogP contribution in [0.1, 0.15) is 31.8 Å². The lowest BCUT2D eigenvalue weighted by Crippen LogP contribution is -2.08. The van der Waals surface area contributed by atoms with Gasteiger partial charge in [0.2, 0.25) is 5.78 Å². The number of ketones is 1. The lowest BCUT2D eigenvalue weighted by molar-refractivity contribution is 0.0734. The molecule has 5 nitrogen and oxygen atoms in total. The number of ether oxygens (including phenoxy) is 3. The number of benzene rings is 3. The van der Waals surface area contributed by atoms with Crippen LogP contribution in [-0.2, 0) is 0 Å². The van der Waals surface area contributed by atoms with Crippen molar-refractivity contribution in [2.75, 3.05) is 7.11 Å². The van der Waals surface area contributed by atoms with Crippen LogP contribution in [0.4, 0.5) is 0 Å². The van der Waals surface area contributed by atoms with Gasteiger partial charge in [-0.2, -0.15) is 0 Å². The Labute approximate surface area is 178 Å². The van der Waals surface area contributed by atoms with Crippen LogP contribution >= 0.6 is 11.6 Å². The second kappa shape index (κ2) is 8.05. The van der Waals surface area contributed by atoms with Gasteiger partial charge in [-0.15, -0.1) is 0 Å². The maximum absolute atomic E-state index is 12.8. The molecule has 0 aliphatic carbocycles. The number of fused-ring (bicyclic) bond motifs is 1. The molecule has 1 heterocycles. The third-order valence-electron chi connectivity index (χ3n) is 4.67. The maximum atomic E-state index is 12.8. The second-order valence-corrected chi connectivity index (χ2v) is 7.10. The summed E-state index contributed by atoms with van der Waals surface area (Å²) in [6.07, 6.45) is 1.60. The molecule has 0 N–H and O–H groups in total. The van der Waals surface area contributed by atoms with Crippen molar-refractivity contribution in [1.29, 1.82) is 0 Å². The Kier molecular flexibility index (Phi) is 5.29. The number of esters is 1. The first kappa shape index (κ1) is 19.7. The molecule has 0 amide bonds. The first-order chi connectivity index (χ1) is 14.5. The maximum Gasteiger partial charge on any atom is 0.343 e. The Morgan fingerprint density at radius 3 is 2.47 bits per heavy atom. The minimum Gasteiger partial charge on any atom is -0.497 e. The van der Waals surface area contributed by atoms with Crippen LogP contribution in [0.3, 0.4) is 0 Å². The Bertz CT molecular complexity index is 1180. The molecule has 1 aliphatic rings. The number of Topliss-reactive ketones (excluding diaryl/α,β-unsaturated/α-hetero) is 1. The van der Waals surface area contributed by atoms with Crippen LogP contribution in [0.25, 0.3) is 6.08 Å². The highest BCUT2D eigenvalue weighted by Gasteiger charge is 2.30. The minimum atomic E-state index is -0.520. The van der Waals surface area contributed by atoms with Crippen LogP contribution in [-0.4, -0.2) is 18.9 Å². The van der Waals surface area contributed by atoms with Crippen LogP contribution in [0.15, 0.2) is 66.4 Å². The summed E-state index contributed by atoms with van der Waals surface area (Å²) in [6, 6.07) is 16.9. The Morgan fingerprint density at radius 1 is 1.03 bits per heavy atom. The molecule has 150 valence electrons. The summed E-state index contributed by atoms with van der Waals surface area (Å²) in [7, 11) is 1.55. The summed E-state index contributed by atoms with van der Waals surface area (Å²) < 4.78 is 16.3. The second-order valence-electron chi connectivity index (χ2n) is 6.69. The predicted octanol–water partition coefficient (Wildman–Crippen LogP) is 5.49. The molecular formula is C24H17ClO5. The Morgan fingerprint density at radius 2 is 1.77 bits per heavy atom. The van der Waals surface area contributed by atoms with Crippen molar-refractivity contribution in [3.8, 4) is 17.2 Å². The molecule has 1 aliphatic heterocycles. The van der Waals surface area contributed by atoms with Crippen molar-refractivity contribution >= 4 is 29.4 Å². The summed E-state index contributed by atoms with van der Waals surface area (Å²) in [5, 5.41) is 0.517. The molecule has 0 radical (unpaired) electrons. The van der Waals surface area contributed by atoms with Crippen molar-refractivity contribution in [3.05, 3.63) is 93.7 Å². The summed E-state index contributed by atoms with van der Waals surface area (Å²) in [4.78, 5) is 25.2. The van der Waals surface area contributed by atoms with Gasteiger partial charge in [0.1, 0.15) is 17.2 Å². The minimum absolute atomic E-state index is 0.167. The molecule has 0 saturated heterocycles. The van der Waals surface area contributed by atoms with E-state index in [4.69, 9.17) is 25.8 Å². The lowest BCUT2D eigenvalue weighted by Gasteiger charge is -2.08. The Balaban J connectivity index is 1.59. The van der Waals surface area contributed by atoms with E-state index in [1.807, 2.05) is 12.1 Å². The van der Waals surface area contributed by atoms with Crippen molar-refractivity contribution in [1.82, 2.24) is 0 Å². The fourth-order valence-electron chi connectivity index (χ4n) is 3.16. The highest BCUT2D eigenvalue weighted by molar-refractivity contribution is 6.32. The summed E-state index contributed by atoms with van der Waals surface area (Å²) >= 11 is 6.18. The molecular weight excluding hydrogens is 404 g/mol. The summed E-state index contributed by atoms with van der Waals surface area (Å²) in [5.41, 5.74) is 2.15. The number of hydrogen-bond donors (Lipinski definition) is 0. The van der Waals surface area contributed by atoms with Gasteiger partial charge in [0.15, 0.2) is 5.76 Å². The van der Waals surface area contributed by atoms with Crippen LogP contribution in [0, 0.1) is 6.92 Å². The van der Waals surface area contributed by atoms with Gasteiger partial charge in [0.25, 0.3) is 0 Å². The van der Waals surface area contributed by atoms with Gasteiger partial charge in [-0.05, 0) is 60.5 Å². The predicted molar refractivity (Wildman–Crippen MR) is 114 cm³/mol. The number of allylic oxidation sites excluding steroid dienone is 1. The van der Waals surface area contributed by atoms with Crippen LogP contribution in [0.5, 0.6) is 17.2 Å². The zero-order valence-electron chi connectivity index (χ0n) is 16.3. The number of aryl methyl sites for hydroxylation is 1. The molecule has 0 unspecified atom stereocenters. The van der Waals surface area contributed by atoms with Gasteiger partial charge in [0.05, 0.1) is 18.2 Å². The van der Waals surface area contributed by atoms with E-state index < -0.39 is 5.97 Å². The normalized spacial score (nSPS) is 13.7. The van der Waals surface area contributed by atoms with Gasteiger partial charge in [-0.3, -0.25) is 4.79 Å². The zero-order valence-corrected chi connectivity index (χ0v) is 17.0. The van der Waals surface area contributed by atoms with Crippen molar-refractivity contribution in [2.45, 2.75) is 6.92 Å². The third-order valence-corrected chi connectivity index (χ3v) is 5.02. The molecule has 0 spiro atoms. The number of methoxy groups -OCH3 is 1. The largest absolute Gasteiger partial charge is 0.497 e. The number of halogens is 1. The topological polar surface area (TPSA) is 61.8 Å². The summed E-state index contributed by atoms with van der Waals surface area (Å²) in [6.45, 7) is 1.77. The van der Waals surface area contributed by atoms with Crippen LogP contribution in [0.2, 0.25) is 5.02 Å². The van der Waals surface area contributed by atoms with E-state index in [0.717, 1.165) is 0 Å². The molecule has 3 aromatic carbocycles. The fraction of sp³-hybridized carbons (Fsp3) is 0.0833. The standard InChI is InChI=1S/C24H17ClO5/c1-14-11-18(29-24(27)15-7-9-17(28-2)10-8-15)13-20-22(14)23(26)21(30-20)12-16-5-3-4-6-19(16)25/h3-13H,1-2H3/b21-12-. The fourth-order valence-corrected chi connectivity index (χ4v) is 3.35. The molecule has 0 saturated carbocycles. The lowest BCUT2D eigenvalue weighted by atomic mass is 10.0. The highest BCUT2D eigenvalue weighted by atomic mass is 35.5. The summed E-state index contributed by atoms with van der Waals surface area (Å²) in [5.74, 6) is 0.683. The van der Waals surface area contributed by atoms with Crippen LogP contribution < -0.4 is 14.2 Å². The van der Waals surface area contributed by atoms with Gasteiger partial charge < -0.3 is 14.2 Å². The van der Waals surface area contributed by atoms with Gasteiger partial charge in [0, 0.05) is 11.1 Å². The smallest absolute Gasteiger partial charge is 0.343 e. The number of carbonyl (C=O) groups excluding carboxylic acids is 2. The van der Waals surface area contributed by atoms with E-state index in [-0.39, 0.29) is 11.5 Å². The zero-order chi connectivity index (χ0) is 21.3. The molecule has 30 heavy (non-hydrogen) atoms. The van der Waals surface area contributed by atoms with Crippen molar-refractivity contribution in [3.63, 3.8) is 0 Å². The Hall–Kier alpha value is -3.57. The highest BCUT2D eigenvalue weighted by Crippen LogP contribution is 2.38. The van der Waals surface area contributed by atoms with E-state index in [1.165, 1.54) is 6.07 Å². The van der Waals surface area contributed by atoms with E-state index >= 15 is 0 Å². The van der Waals surface area contributed by atoms with E-state index in [9.17, 15) is 9.59 Å². The van der Waals surface area contributed by atoms with Gasteiger partial charge in [-0.25, -0.2) is 4.79 Å². The third kappa shape index (κ3) is 3.80. The van der Waals surface area contributed by atoms with E-state index in [2.05, 4.69) is 0 Å². The first-order valence-electron chi connectivity index (χ1n) is 9.16. The average Bonchev–Trinajstić information content (AvgIpc) is 3.05. The number of carbonyl (C=O) groups is 2. The molecule has 0 fully saturated rings. The number of hydrogen-bond acceptors (Lipinski definition) is 5. The SMILES string of the molecule is COc1ccc(C(=O)Oc2cc(C)c3c(c2)O/C(=C\c2ccccc2Cl)C3=O)cc1. The van der Waals surface area contributed by atoms with E-state index in [0.29, 0.717) is 44.5 Å². The molecule has 6 heteroatoms. The monoisotopic (exact) mass is 420 g/mol. The molecule has 0 aromatic heterocycles. The van der Waals surface area contributed by atoms with Crippen molar-refractivity contribution in [2.24, 2.45) is 0 Å². The van der Waals surface area contributed by atoms with E-state index in [1.54, 1.807) is 62.6 Å². The molecule has 4 rings (SSSR count). The number of rotatable bonds is 4. The van der Waals surface area contributed by atoms with Crippen molar-refractivity contribution < 1.29 is 23.8 Å².